The van der Waals surface area contributed by atoms with Crippen molar-refractivity contribution in [1.29, 1.82) is 5.26 Å². The molecule has 0 amide bonds. The molecule has 2 aromatic rings. The molecule has 0 unspecified atom stereocenters. The summed E-state index contributed by atoms with van der Waals surface area (Å²) >= 11 is 1.16. The molecular formula is C13H12ClNO2S2. The van der Waals surface area contributed by atoms with Crippen molar-refractivity contribution in [2.75, 3.05) is 0 Å². The van der Waals surface area contributed by atoms with E-state index in [0.29, 0.717) is 5.39 Å². The van der Waals surface area contributed by atoms with Gasteiger partial charge in [0.05, 0.1) is 0 Å². The van der Waals surface area contributed by atoms with Crippen molar-refractivity contribution in [2.45, 2.75) is 31.1 Å². The van der Waals surface area contributed by atoms with Crippen LogP contribution in [0.5, 0.6) is 0 Å². The molecule has 100 valence electrons. The van der Waals surface area contributed by atoms with Gasteiger partial charge in [0.25, 0.3) is 9.05 Å². The van der Waals surface area contributed by atoms with Gasteiger partial charge >= 0.3 is 0 Å². The quantitative estimate of drug-likeness (QED) is 0.748. The molecule has 2 rings (SSSR count). The molecule has 1 aromatic heterocycles. The van der Waals surface area contributed by atoms with Gasteiger partial charge in [-0.05, 0) is 17.0 Å². The monoisotopic (exact) mass is 313 g/mol. The number of hydrogen-bond donors (Lipinski definition) is 0. The van der Waals surface area contributed by atoms with Gasteiger partial charge in [0.15, 0.2) is 0 Å². The smallest absolute Gasteiger partial charge is 0.207 e. The summed E-state index contributed by atoms with van der Waals surface area (Å²) in [6, 6.07) is 7.43. The lowest BCUT2D eigenvalue weighted by molar-refractivity contribution is 0.591. The molecule has 0 spiro atoms. The van der Waals surface area contributed by atoms with Crippen molar-refractivity contribution in [3.8, 4) is 6.07 Å². The lowest BCUT2D eigenvalue weighted by Crippen LogP contribution is -2.10. The minimum absolute atomic E-state index is 0.0367. The number of nitrogens with zero attached hydrogens (tertiary/aromatic N) is 1. The summed E-state index contributed by atoms with van der Waals surface area (Å²) in [5.41, 5.74) is 1.05. The highest BCUT2D eigenvalue weighted by molar-refractivity contribution is 8.14. The molecule has 19 heavy (non-hydrogen) atoms. The Morgan fingerprint density at radius 1 is 1.32 bits per heavy atom. The third-order valence-electron chi connectivity index (χ3n) is 2.86. The summed E-state index contributed by atoms with van der Waals surface area (Å²) < 4.78 is 23.9. The van der Waals surface area contributed by atoms with E-state index in [0.717, 1.165) is 21.6 Å². The van der Waals surface area contributed by atoms with Crippen LogP contribution in [0, 0.1) is 11.3 Å². The minimum atomic E-state index is -3.92. The maximum atomic E-state index is 11.6. The van der Waals surface area contributed by atoms with E-state index in [9.17, 15) is 8.42 Å². The van der Waals surface area contributed by atoms with Crippen LogP contribution in [-0.4, -0.2) is 8.42 Å². The van der Waals surface area contributed by atoms with Crippen LogP contribution in [0.3, 0.4) is 0 Å². The number of benzene rings is 1. The largest absolute Gasteiger partial charge is 0.264 e. The first-order valence-electron chi connectivity index (χ1n) is 5.56. The molecule has 0 fully saturated rings. The molecule has 0 bridgehead atoms. The molecule has 6 heteroatoms. The fourth-order valence-corrected chi connectivity index (χ4v) is 4.63. The van der Waals surface area contributed by atoms with Gasteiger partial charge in [0.2, 0.25) is 0 Å². The van der Waals surface area contributed by atoms with Crippen LogP contribution in [0.25, 0.3) is 10.1 Å². The predicted octanol–water partition coefficient (Wildman–Crippen LogP) is 4.00. The van der Waals surface area contributed by atoms with Gasteiger partial charge in [-0.2, -0.15) is 5.26 Å². The van der Waals surface area contributed by atoms with Crippen molar-refractivity contribution >= 4 is 41.2 Å². The van der Waals surface area contributed by atoms with Crippen LogP contribution in [0.2, 0.25) is 0 Å². The van der Waals surface area contributed by atoms with Crippen LogP contribution >= 0.6 is 22.0 Å². The fourth-order valence-electron chi connectivity index (χ4n) is 1.86. The Morgan fingerprint density at radius 3 is 2.42 bits per heavy atom. The Balaban J connectivity index is 2.84. The summed E-state index contributed by atoms with van der Waals surface area (Å²) in [6.07, 6.45) is 0. The molecule has 0 saturated heterocycles. The molecule has 1 aromatic carbocycles. The van der Waals surface area contributed by atoms with Gasteiger partial charge in [-0.1, -0.05) is 32.9 Å². The van der Waals surface area contributed by atoms with Crippen LogP contribution in [0.1, 0.15) is 31.2 Å². The zero-order valence-corrected chi connectivity index (χ0v) is 13.1. The Labute approximate surface area is 120 Å². The zero-order chi connectivity index (χ0) is 14.4. The van der Waals surface area contributed by atoms with E-state index in [2.05, 4.69) is 20.8 Å². The maximum Gasteiger partial charge on any atom is 0.264 e. The maximum absolute atomic E-state index is 11.6. The molecular weight excluding hydrogens is 302 g/mol. The van der Waals surface area contributed by atoms with Crippen LogP contribution in [-0.2, 0) is 14.5 Å². The number of fused-ring (bicyclic) bond motifs is 1. The number of halogens is 1. The van der Waals surface area contributed by atoms with Crippen LogP contribution in [0.4, 0.5) is 0 Å². The normalized spacial score (nSPS) is 12.6. The Hall–Kier alpha value is -1.09. The zero-order valence-electron chi connectivity index (χ0n) is 10.7. The van der Waals surface area contributed by atoms with E-state index in [4.69, 9.17) is 15.9 Å². The number of thiophene rings is 1. The van der Waals surface area contributed by atoms with Gasteiger partial charge < -0.3 is 0 Å². The van der Waals surface area contributed by atoms with E-state index >= 15 is 0 Å². The summed E-state index contributed by atoms with van der Waals surface area (Å²) in [7, 11) is 1.50. The van der Waals surface area contributed by atoms with E-state index in [-0.39, 0.29) is 15.2 Å². The van der Waals surface area contributed by atoms with Crippen molar-refractivity contribution in [1.82, 2.24) is 0 Å². The van der Waals surface area contributed by atoms with Crippen molar-refractivity contribution < 1.29 is 8.42 Å². The van der Waals surface area contributed by atoms with Crippen LogP contribution in [0.15, 0.2) is 23.1 Å². The van der Waals surface area contributed by atoms with Gasteiger partial charge in [0.1, 0.15) is 15.8 Å². The highest BCUT2D eigenvalue weighted by Gasteiger charge is 2.24. The minimum Gasteiger partial charge on any atom is -0.207 e. The molecule has 0 aliphatic carbocycles. The lowest BCUT2D eigenvalue weighted by atomic mass is 9.87. The molecule has 0 radical (unpaired) electrons. The predicted molar refractivity (Wildman–Crippen MR) is 78.3 cm³/mol. The van der Waals surface area contributed by atoms with Crippen molar-refractivity contribution in [3.05, 3.63) is 28.6 Å². The third-order valence-corrected chi connectivity index (χ3v) is 5.42. The first-order valence-corrected chi connectivity index (χ1v) is 8.69. The summed E-state index contributed by atoms with van der Waals surface area (Å²) in [6.45, 7) is 6.23. The number of hydrogen-bond acceptors (Lipinski definition) is 4. The van der Waals surface area contributed by atoms with E-state index < -0.39 is 9.05 Å². The molecule has 0 saturated carbocycles. The summed E-state index contributed by atoms with van der Waals surface area (Å²) in [4.78, 5) is 0.0631. The molecule has 0 atom stereocenters. The molecule has 1 heterocycles. The summed E-state index contributed by atoms with van der Waals surface area (Å²) in [5, 5.41) is 9.57. The first-order chi connectivity index (χ1) is 8.64. The second-order valence-electron chi connectivity index (χ2n) is 5.27. The first kappa shape index (κ1) is 14.3. The molecule has 0 N–H and O–H groups in total. The average molecular weight is 314 g/mol. The number of rotatable bonds is 1. The van der Waals surface area contributed by atoms with E-state index in [1.807, 2.05) is 18.2 Å². The van der Waals surface area contributed by atoms with Gasteiger partial charge in [0, 0.05) is 20.8 Å². The standard InChI is InChI=1S/C13H12ClNO2S2/c1-13(2,3)8-4-5-9-10(6-8)18-11(7-15)12(9)19(14,16)17/h4-6H,1-3H3. The Bertz CT molecular complexity index is 792. The van der Waals surface area contributed by atoms with Crippen LogP contribution < -0.4 is 0 Å². The third kappa shape index (κ3) is 2.62. The molecule has 0 aliphatic heterocycles. The summed E-state index contributed by atoms with van der Waals surface area (Å²) in [5.74, 6) is 0. The average Bonchev–Trinajstić information content (AvgIpc) is 2.64. The topological polar surface area (TPSA) is 57.9 Å². The van der Waals surface area contributed by atoms with Crippen molar-refractivity contribution in [2.24, 2.45) is 0 Å². The highest BCUT2D eigenvalue weighted by Crippen LogP contribution is 2.38. The molecule has 0 aliphatic rings. The fraction of sp³-hybridized carbons (Fsp3) is 0.308. The Morgan fingerprint density at radius 2 is 1.95 bits per heavy atom. The Kier molecular flexibility index (Phi) is 3.38. The highest BCUT2D eigenvalue weighted by atomic mass is 35.7. The van der Waals surface area contributed by atoms with Crippen molar-refractivity contribution in [3.63, 3.8) is 0 Å². The molecule has 3 nitrogen and oxygen atoms in total. The van der Waals surface area contributed by atoms with E-state index in [1.54, 1.807) is 6.07 Å². The van der Waals surface area contributed by atoms with Gasteiger partial charge in [-0.25, -0.2) is 8.42 Å². The second-order valence-corrected chi connectivity index (χ2v) is 8.83. The van der Waals surface area contributed by atoms with E-state index in [1.165, 1.54) is 0 Å². The lowest BCUT2D eigenvalue weighted by Gasteiger charge is -2.18. The second kappa shape index (κ2) is 4.48. The SMILES string of the molecule is CC(C)(C)c1ccc2c(S(=O)(=O)Cl)c(C#N)sc2c1. The number of nitriles is 1. The van der Waals surface area contributed by atoms with Gasteiger partial charge in [-0.3, -0.25) is 0 Å². The van der Waals surface area contributed by atoms with Gasteiger partial charge in [-0.15, -0.1) is 11.3 Å².